The highest BCUT2D eigenvalue weighted by Crippen LogP contribution is 2.01. The fraction of sp³-hybridized carbons (Fsp3) is 0.500. The number of hydrogen-bond acceptors (Lipinski definition) is 2. The lowest BCUT2D eigenvalue weighted by Gasteiger charge is -2.01. The second-order valence-corrected chi connectivity index (χ2v) is 2.83. The maximum Gasteiger partial charge on any atom is 0.254 e. The Hall–Kier alpha value is -0.830. The van der Waals surface area contributed by atoms with Gasteiger partial charge in [-0.15, -0.1) is 11.6 Å². The molecule has 1 heterocycles. The van der Waals surface area contributed by atoms with Gasteiger partial charge in [0, 0.05) is 11.3 Å². The lowest BCUT2D eigenvalue weighted by molar-refractivity contribution is 0.905. The van der Waals surface area contributed by atoms with Crippen LogP contribution in [-0.2, 0) is 12.3 Å². The summed E-state index contributed by atoms with van der Waals surface area (Å²) in [4.78, 5) is 18.1. The number of H-pyrrole nitrogens is 1. The van der Waals surface area contributed by atoms with Crippen molar-refractivity contribution in [1.82, 2.24) is 9.97 Å². The molecule has 0 atom stereocenters. The Morgan fingerprint density at radius 3 is 2.67 bits per heavy atom. The summed E-state index contributed by atoms with van der Waals surface area (Å²) < 4.78 is 0. The van der Waals surface area contributed by atoms with Crippen LogP contribution in [0.5, 0.6) is 0 Å². The minimum absolute atomic E-state index is 0.0688. The summed E-state index contributed by atoms with van der Waals surface area (Å²) in [5.41, 5.74) is 1.45. The number of halogens is 1. The molecule has 3 nitrogen and oxygen atoms in total. The second kappa shape index (κ2) is 3.72. The third-order valence-corrected chi connectivity index (χ3v) is 2.00. The van der Waals surface area contributed by atoms with Crippen LogP contribution in [0.25, 0.3) is 0 Å². The van der Waals surface area contributed by atoms with E-state index in [0.29, 0.717) is 12.2 Å². The minimum atomic E-state index is -0.0688. The van der Waals surface area contributed by atoms with Gasteiger partial charge in [0.2, 0.25) is 0 Å². The van der Waals surface area contributed by atoms with Crippen molar-refractivity contribution in [3.8, 4) is 0 Å². The lowest BCUT2D eigenvalue weighted by Crippen LogP contribution is -2.17. The highest BCUT2D eigenvalue weighted by molar-refractivity contribution is 6.16. The number of aromatic amines is 1. The molecule has 12 heavy (non-hydrogen) atoms. The predicted octanol–water partition coefficient (Wildman–Crippen LogP) is 1.38. The van der Waals surface area contributed by atoms with Gasteiger partial charge in [-0.1, -0.05) is 6.92 Å². The number of rotatable bonds is 2. The number of nitrogens with zero attached hydrogens (tertiary/aromatic N) is 1. The molecule has 0 amide bonds. The Bertz CT molecular complexity index is 332. The van der Waals surface area contributed by atoms with Gasteiger partial charge in [-0.2, -0.15) is 0 Å². The largest absolute Gasteiger partial charge is 0.309 e. The lowest BCUT2D eigenvalue weighted by atomic mass is 10.2. The van der Waals surface area contributed by atoms with Gasteiger partial charge >= 0.3 is 0 Å². The summed E-state index contributed by atoms with van der Waals surface area (Å²) in [7, 11) is 0. The highest BCUT2D eigenvalue weighted by Gasteiger charge is 2.04. The van der Waals surface area contributed by atoms with E-state index in [1.165, 1.54) is 0 Å². The number of aromatic nitrogens is 2. The molecule has 1 aromatic heterocycles. The van der Waals surface area contributed by atoms with Crippen LogP contribution in [0.2, 0.25) is 0 Å². The third-order valence-electron chi connectivity index (χ3n) is 1.75. The molecule has 1 aromatic rings. The third kappa shape index (κ3) is 1.67. The van der Waals surface area contributed by atoms with E-state index in [-0.39, 0.29) is 11.4 Å². The molecular formula is C8H11ClN2O. The van der Waals surface area contributed by atoms with E-state index in [4.69, 9.17) is 11.6 Å². The molecule has 0 aromatic carbocycles. The summed E-state index contributed by atoms with van der Waals surface area (Å²) in [5.74, 6) is 0.788. The van der Waals surface area contributed by atoms with Crippen molar-refractivity contribution >= 4 is 11.6 Å². The topological polar surface area (TPSA) is 45.8 Å². The van der Waals surface area contributed by atoms with Crippen LogP contribution in [0.3, 0.4) is 0 Å². The first kappa shape index (κ1) is 9.26. The van der Waals surface area contributed by atoms with Crippen molar-refractivity contribution in [3.63, 3.8) is 0 Å². The van der Waals surface area contributed by atoms with E-state index in [9.17, 15) is 4.79 Å². The fourth-order valence-electron chi connectivity index (χ4n) is 1.15. The molecule has 0 spiro atoms. The Labute approximate surface area is 75.8 Å². The fourth-order valence-corrected chi connectivity index (χ4v) is 1.27. The number of alkyl halides is 1. The minimum Gasteiger partial charge on any atom is -0.309 e. The van der Waals surface area contributed by atoms with E-state index in [0.717, 1.165) is 11.3 Å². The number of nitrogens with one attached hydrogen (secondary N) is 1. The van der Waals surface area contributed by atoms with Crippen LogP contribution in [0.1, 0.15) is 24.0 Å². The van der Waals surface area contributed by atoms with E-state index in [1.807, 2.05) is 13.8 Å². The summed E-state index contributed by atoms with van der Waals surface area (Å²) >= 11 is 5.53. The Kier molecular flexibility index (Phi) is 2.87. The molecule has 0 aliphatic rings. The molecule has 0 saturated carbocycles. The smallest absolute Gasteiger partial charge is 0.254 e. The zero-order valence-electron chi connectivity index (χ0n) is 7.15. The normalized spacial score (nSPS) is 10.2. The molecule has 0 bridgehead atoms. The van der Waals surface area contributed by atoms with Crippen molar-refractivity contribution in [2.45, 2.75) is 26.1 Å². The van der Waals surface area contributed by atoms with E-state index in [2.05, 4.69) is 9.97 Å². The van der Waals surface area contributed by atoms with Gasteiger partial charge in [0.25, 0.3) is 5.56 Å². The Morgan fingerprint density at radius 1 is 1.58 bits per heavy atom. The molecule has 66 valence electrons. The van der Waals surface area contributed by atoms with E-state index >= 15 is 0 Å². The van der Waals surface area contributed by atoms with Crippen molar-refractivity contribution in [1.29, 1.82) is 0 Å². The Balaban J connectivity index is 3.28. The van der Waals surface area contributed by atoms with Crippen LogP contribution in [-0.4, -0.2) is 9.97 Å². The zero-order chi connectivity index (χ0) is 9.14. The molecule has 0 aliphatic carbocycles. The molecule has 4 heteroatoms. The number of hydrogen-bond donors (Lipinski definition) is 1. The number of aryl methyl sites for hydroxylation is 1. The first-order valence-electron chi connectivity index (χ1n) is 3.83. The van der Waals surface area contributed by atoms with E-state index in [1.54, 1.807) is 0 Å². The summed E-state index contributed by atoms with van der Waals surface area (Å²) in [6.45, 7) is 3.75. The van der Waals surface area contributed by atoms with Crippen LogP contribution < -0.4 is 5.56 Å². The predicted molar refractivity (Wildman–Crippen MR) is 48.5 cm³/mol. The monoisotopic (exact) mass is 186 g/mol. The van der Waals surface area contributed by atoms with Gasteiger partial charge in [0.05, 0.1) is 5.88 Å². The SMILES string of the molecule is CCc1c(C)nc(CCl)[nH]c1=O. The van der Waals surface area contributed by atoms with Gasteiger partial charge in [-0.3, -0.25) is 4.79 Å². The highest BCUT2D eigenvalue weighted by atomic mass is 35.5. The molecule has 1 rings (SSSR count). The van der Waals surface area contributed by atoms with Crippen molar-refractivity contribution < 1.29 is 0 Å². The zero-order valence-corrected chi connectivity index (χ0v) is 7.90. The Morgan fingerprint density at radius 2 is 2.25 bits per heavy atom. The first-order chi connectivity index (χ1) is 5.69. The average molecular weight is 187 g/mol. The molecule has 0 radical (unpaired) electrons. The molecule has 0 unspecified atom stereocenters. The summed E-state index contributed by atoms with van der Waals surface area (Å²) in [6, 6.07) is 0. The van der Waals surface area contributed by atoms with Gasteiger partial charge in [-0.25, -0.2) is 4.98 Å². The average Bonchev–Trinajstić information content (AvgIpc) is 2.03. The van der Waals surface area contributed by atoms with Crippen LogP contribution in [0, 0.1) is 6.92 Å². The molecular weight excluding hydrogens is 176 g/mol. The molecule has 0 saturated heterocycles. The van der Waals surface area contributed by atoms with E-state index < -0.39 is 0 Å². The molecule has 0 aliphatic heterocycles. The van der Waals surface area contributed by atoms with Gasteiger partial charge in [0.15, 0.2) is 0 Å². The summed E-state index contributed by atoms with van der Waals surface area (Å²) in [5, 5.41) is 0. The quantitative estimate of drug-likeness (QED) is 0.710. The maximum absolute atomic E-state index is 11.3. The second-order valence-electron chi connectivity index (χ2n) is 2.56. The molecule has 0 fully saturated rings. The van der Waals surface area contributed by atoms with Gasteiger partial charge in [0.1, 0.15) is 5.82 Å². The van der Waals surface area contributed by atoms with Crippen molar-refractivity contribution in [2.75, 3.05) is 0 Å². The summed E-state index contributed by atoms with van der Waals surface area (Å²) in [6.07, 6.45) is 0.705. The van der Waals surface area contributed by atoms with Gasteiger partial charge in [-0.05, 0) is 13.3 Å². The van der Waals surface area contributed by atoms with Gasteiger partial charge < -0.3 is 4.98 Å². The van der Waals surface area contributed by atoms with Crippen LogP contribution in [0.15, 0.2) is 4.79 Å². The maximum atomic E-state index is 11.3. The standard InChI is InChI=1S/C8H11ClN2O/c1-3-6-5(2)10-7(4-9)11-8(6)12/h3-4H2,1-2H3,(H,10,11,12). The molecule has 1 N–H and O–H groups in total. The van der Waals surface area contributed by atoms with Crippen molar-refractivity contribution in [2.24, 2.45) is 0 Å². The van der Waals surface area contributed by atoms with Crippen LogP contribution >= 0.6 is 11.6 Å². The van der Waals surface area contributed by atoms with Crippen molar-refractivity contribution in [3.05, 3.63) is 27.4 Å². The first-order valence-corrected chi connectivity index (χ1v) is 4.37. The van der Waals surface area contributed by atoms with Crippen LogP contribution in [0.4, 0.5) is 0 Å².